The summed E-state index contributed by atoms with van der Waals surface area (Å²) in [4.78, 5) is 44.5. The summed E-state index contributed by atoms with van der Waals surface area (Å²) in [6.07, 6.45) is 0.581. The third-order valence-corrected chi connectivity index (χ3v) is 7.41. The van der Waals surface area contributed by atoms with E-state index < -0.39 is 24.0 Å². The molecular formula is C26H38N4O6. The topological polar surface area (TPSA) is 112 Å². The highest BCUT2D eigenvalue weighted by Crippen LogP contribution is 2.29. The number of carbonyl (C=O) groups is 3. The van der Waals surface area contributed by atoms with E-state index in [-0.39, 0.29) is 17.4 Å². The lowest BCUT2D eigenvalue weighted by molar-refractivity contribution is -0.148. The van der Waals surface area contributed by atoms with Gasteiger partial charge in [-0.3, -0.25) is 19.7 Å². The molecule has 3 saturated heterocycles. The lowest BCUT2D eigenvalue weighted by Gasteiger charge is -2.43. The van der Waals surface area contributed by atoms with Gasteiger partial charge in [0.2, 0.25) is 11.8 Å². The number of hydroxylamine groups is 1. The predicted octanol–water partition coefficient (Wildman–Crippen LogP) is 2.14. The van der Waals surface area contributed by atoms with Crippen LogP contribution in [-0.2, 0) is 24.5 Å². The van der Waals surface area contributed by atoms with E-state index in [0.29, 0.717) is 65.2 Å². The van der Waals surface area contributed by atoms with Gasteiger partial charge < -0.3 is 19.3 Å². The lowest BCUT2D eigenvalue weighted by atomic mass is 9.87. The molecule has 198 valence electrons. The number of piperazine rings is 1. The van der Waals surface area contributed by atoms with Crippen molar-refractivity contribution < 1.29 is 29.1 Å². The number of rotatable bonds is 4. The average Bonchev–Trinajstić information content (AvgIpc) is 3.40. The minimum atomic E-state index is -1.02. The smallest absolute Gasteiger partial charge is 0.410 e. The molecule has 0 radical (unpaired) electrons. The Balaban J connectivity index is 1.44. The fourth-order valence-corrected chi connectivity index (χ4v) is 5.22. The maximum Gasteiger partial charge on any atom is 0.410 e. The van der Waals surface area contributed by atoms with Gasteiger partial charge in [0.05, 0.1) is 19.1 Å². The number of benzene rings is 1. The molecule has 3 aliphatic heterocycles. The number of nitrogens with one attached hydrogen (secondary N) is 1. The van der Waals surface area contributed by atoms with Gasteiger partial charge in [-0.05, 0) is 36.0 Å². The number of ether oxygens (including phenoxy) is 2. The van der Waals surface area contributed by atoms with Crippen LogP contribution in [-0.4, -0.2) is 91.0 Å². The molecule has 0 aliphatic carbocycles. The van der Waals surface area contributed by atoms with E-state index in [1.165, 1.54) is 10.5 Å². The van der Waals surface area contributed by atoms with Crippen LogP contribution in [0.3, 0.4) is 0 Å². The Morgan fingerprint density at radius 3 is 2.31 bits per heavy atom. The third-order valence-electron chi connectivity index (χ3n) is 7.41. The van der Waals surface area contributed by atoms with E-state index in [1.807, 2.05) is 0 Å². The first-order valence-electron chi connectivity index (χ1n) is 12.8. The minimum absolute atomic E-state index is 0.0822. The second-order valence-electron chi connectivity index (χ2n) is 10.8. The number of piperidine rings is 1. The SMILES string of the molecule is CC(C)(C)c1ccc(N2CCN(C(=O)[C@@H]3[C@@H](C(=O)NO)CCCN3C(=O)OC3CCOC3)CC2)cc1. The highest BCUT2D eigenvalue weighted by atomic mass is 16.6. The minimum Gasteiger partial charge on any atom is -0.444 e. The predicted molar refractivity (Wildman–Crippen MR) is 133 cm³/mol. The zero-order valence-electron chi connectivity index (χ0n) is 21.4. The van der Waals surface area contributed by atoms with Gasteiger partial charge in [0.1, 0.15) is 12.1 Å². The van der Waals surface area contributed by atoms with E-state index >= 15 is 0 Å². The van der Waals surface area contributed by atoms with Crippen molar-refractivity contribution in [1.82, 2.24) is 15.3 Å². The summed E-state index contributed by atoms with van der Waals surface area (Å²) in [5.41, 5.74) is 4.14. The number of amides is 3. The fourth-order valence-electron chi connectivity index (χ4n) is 5.22. The Morgan fingerprint density at radius 2 is 1.72 bits per heavy atom. The molecule has 0 aromatic heterocycles. The molecule has 3 atom stereocenters. The molecule has 3 fully saturated rings. The fraction of sp³-hybridized carbons (Fsp3) is 0.654. The maximum atomic E-state index is 13.7. The van der Waals surface area contributed by atoms with Gasteiger partial charge in [-0.15, -0.1) is 0 Å². The number of hydrogen-bond acceptors (Lipinski definition) is 7. The number of carbonyl (C=O) groups excluding carboxylic acids is 3. The molecule has 3 heterocycles. The van der Waals surface area contributed by atoms with Gasteiger partial charge >= 0.3 is 6.09 Å². The molecule has 1 aromatic rings. The van der Waals surface area contributed by atoms with Crippen molar-refractivity contribution in [3.8, 4) is 0 Å². The Hall–Kier alpha value is -2.85. The van der Waals surface area contributed by atoms with Crippen molar-refractivity contribution in [2.24, 2.45) is 5.92 Å². The Labute approximate surface area is 212 Å². The first-order chi connectivity index (χ1) is 17.2. The van der Waals surface area contributed by atoms with Crippen molar-refractivity contribution in [2.75, 3.05) is 50.8 Å². The van der Waals surface area contributed by atoms with Gasteiger partial charge in [0.25, 0.3) is 0 Å². The molecule has 0 saturated carbocycles. The van der Waals surface area contributed by atoms with Gasteiger partial charge in [-0.2, -0.15) is 0 Å². The van der Waals surface area contributed by atoms with Crippen LogP contribution in [0.25, 0.3) is 0 Å². The average molecular weight is 503 g/mol. The van der Waals surface area contributed by atoms with Crippen LogP contribution in [0.1, 0.15) is 45.6 Å². The number of hydrogen-bond donors (Lipinski definition) is 2. The molecule has 3 amide bonds. The van der Waals surface area contributed by atoms with Crippen molar-refractivity contribution >= 4 is 23.6 Å². The van der Waals surface area contributed by atoms with Crippen LogP contribution in [0.5, 0.6) is 0 Å². The van der Waals surface area contributed by atoms with Crippen molar-refractivity contribution in [1.29, 1.82) is 0 Å². The quantitative estimate of drug-likeness (QED) is 0.479. The van der Waals surface area contributed by atoms with Crippen LogP contribution in [0.4, 0.5) is 10.5 Å². The first-order valence-corrected chi connectivity index (χ1v) is 12.8. The maximum absolute atomic E-state index is 13.7. The molecule has 4 rings (SSSR count). The Kier molecular flexibility index (Phi) is 8.04. The highest BCUT2D eigenvalue weighted by molar-refractivity contribution is 5.92. The lowest BCUT2D eigenvalue weighted by Crippen LogP contribution is -2.62. The Bertz CT molecular complexity index is 933. The number of anilines is 1. The monoisotopic (exact) mass is 502 g/mol. The van der Waals surface area contributed by atoms with E-state index in [1.54, 1.807) is 10.4 Å². The van der Waals surface area contributed by atoms with E-state index in [9.17, 15) is 19.6 Å². The Morgan fingerprint density at radius 1 is 1.03 bits per heavy atom. The van der Waals surface area contributed by atoms with Crippen molar-refractivity contribution in [3.05, 3.63) is 29.8 Å². The molecule has 10 heteroatoms. The van der Waals surface area contributed by atoms with Crippen LogP contribution >= 0.6 is 0 Å². The van der Waals surface area contributed by atoms with Crippen molar-refractivity contribution in [3.63, 3.8) is 0 Å². The summed E-state index contributed by atoms with van der Waals surface area (Å²) in [6.45, 7) is 9.97. The molecule has 0 spiro atoms. The summed E-state index contributed by atoms with van der Waals surface area (Å²) in [6, 6.07) is 7.51. The normalized spacial score (nSPS) is 25.0. The molecule has 36 heavy (non-hydrogen) atoms. The molecule has 10 nitrogen and oxygen atoms in total. The second-order valence-corrected chi connectivity index (χ2v) is 10.8. The highest BCUT2D eigenvalue weighted by Gasteiger charge is 2.46. The standard InChI is InChI=1S/C26H38N4O6/c1-26(2,3)18-6-8-19(9-7-18)28-12-14-29(15-13-28)24(32)22-21(23(31)27-34)5-4-11-30(22)25(33)36-20-10-16-35-17-20/h6-9,20-22,34H,4-5,10-17H2,1-3H3,(H,27,31)/t20?,21-,22-/m0/s1. The van der Waals surface area contributed by atoms with Crippen LogP contribution in [0.2, 0.25) is 0 Å². The first kappa shape index (κ1) is 26.2. The summed E-state index contributed by atoms with van der Waals surface area (Å²) < 4.78 is 10.9. The molecule has 1 aromatic carbocycles. The summed E-state index contributed by atoms with van der Waals surface area (Å²) in [7, 11) is 0. The zero-order valence-corrected chi connectivity index (χ0v) is 21.4. The molecule has 2 N–H and O–H groups in total. The van der Waals surface area contributed by atoms with Crippen molar-refractivity contribution in [2.45, 2.75) is 57.6 Å². The number of nitrogens with zero attached hydrogens (tertiary/aromatic N) is 3. The largest absolute Gasteiger partial charge is 0.444 e. The van der Waals surface area contributed by atoms with Crippen LogP contribution in [0.15, 0.2) is 24.3 Å². The van der Waals surface area contributed by atoms with Gasteiger partial charge in [-0.25, -0.2) is 10.3 Å². The molecular weight excluding hydrogens is 464 g/mol. The van der Waals surface area contributed by atoms with E-state index in [2.05, 4.69) is 49.9 Å². The second kappa shape index (κ2) is 11.0. The third kappa shape index (κ3) is 5.75. The summed E-state index contributed by atoms with van der Waals surface area (Å²) in [5.74, 6) is -1.79. The summed E-state index contributed by atoms with van der Waals surface area (Å²) in [5, 5.41) is 9.30. The van der Waals surface area contributed by atoms with Gasteiger partial charge in [0.15, 0.2) is 0 Å². The molecule has 3 aliphatic rings. The zero-order chi connectivity index (χ0) is 25.9. The van der Waals surface area contributed by atoms with Crippen LogP contribution in [0, 0.1) is 5.92 Å². The number of likely N-dealkylation sites (tertiary alicyclic amines) is 1. The molecule has 0 bridgehead atoms. The van der Waals surface area contributed by atoms with E-state index in [4.69, 9.17) is 9.47 Å². The summed E-state index contributed by atoms with van der Waals surface area (Å²) >= 11 is 0. The van der Waals surface area contributed by atoms with Gasteiger partial charge in [0, 0.05) is 44.8 Å². The van der Waals surface area contributed by atoms with E-state index in [0.717, 1.165) is 5.69 Å². The molecule has 1 unspecified atom stereocenters. The van der Waals surface area contributed by atoms with Gasteiger partial charge in [-0.1, -0.05) is 32.9 Å². The van der Waals surface area contributed by atoms with Crippen LogP contribution < -0.4 is 10.4 Å².